The molecule has 6 heteroatoms. The van der Waals surface area contributed by atoms with Crippen molar-refractivity contribution in [2.75, 3.05) is 5.01 Å². The Labute approximate surface area is 102 Å². The molecule has 3 nitrogen and oxygen atoms in total. The number of nitrogens with zero attached hydrogens (tertiary/aromatic N) is 2. The Kier molecular flexibility index (Phi) is 3.11. The summed E-state index contributed by atoms with van der Waals surface area (Å²) in [6, 6.07) is 1.51. The van der Waals surface area contributed by atoms with Crippen LogP contribution in [-0.4, -0.2) is 11.6 Å². The molecule has 0 fully saturated rings. The number of carbonyl (C=O) groups excluding carboxylic acids is 1. The normalized spacial score (nSPS) is 19.4. The third-order valence-electron chi connectivity index (χ3n) is 2.89. The van der Waals surface area contributed by atoms with E-state index in [4.69, 9.17) is 0 Å². The van der Waals surface area contributed by atoms with Gasteiger partial charge in [0.15, 0.2) is 17.5 Å². The molecule has 0 saturated carbocycles. The summed E-state index contributed by atoms with van der Waals surface area (Å²) in [6.45, 7) is 3.49. The quantitative estimate of drug-likeness (QED) is 0.749. The molecule has 0 saturated heterocycles. The lowest BCUT2D eigenvalue weighted by Crippen LogP contribution is -2.26. The number of benzene rings is 1. The number of hydrazone groups is 1. The molecule has 1 aromatic carbocycles. The van der Waals surface area contributed by atoms with Gasteiger partial charge in [0.05, 0.1) is 11.6 Å². The van der Waals surface area contributed by atoms with Crippen molar-refractivity contribution in [3.63, 3.8) is 0 Å². The lowest BCUT2D eigenvalue weighted by molar-refractivity contribution is -0.119. The molecule has 1 amide bonds. The largest absolute Gasteiger partial charge is 0.272 e. The Morgan fingerprint density at radius 3 is 2.28 bits per heavy atom. The third-order valence-corrected chi connectivity index (χ3v) is 2.89. The highest BCUT2D eigenvalue weighted by Crippen LogP contribution is 2.27. The first-order valence-corrected chi connectivity index (χ1v) is 5.49. The first-order chi connectivity index (χ1) is 8.45. The molecule has 1 aromatic rings. The van der Waals surface area contributed by atoms with Gasteiger partial charge in [-0.15, -0.1) is 0 Å². The van der Waals surface area contributed by atoms with Gasteiger partial charge in [0.2, 0.25) is 0 Å². The highest BCUT2D eigenvalue weighted by atomic mass is 19.2. The second-order valence-electron chi connectivity index (χ2n) is 4.08. The Hall–Kier alpha value is -1.85. The Morgan fingerprint density at radius 1 is 1.28 bits per heavy atom. The molecule has 1 unspecified atom stereocenters. The zero-order valence-corrected chi connectivity index (χ0v) is 9.88. The summed E-state index contributed by atoms with van der Waals surface area (Å²) in [5.41, 5.74) is 0.472. The molecule has 0 spiro atoms. The van der Waals surface area contributed by atoms with Crippen molar-refractivity contribution in [3.05, 3.63) is 29.6 Å². The second-order valence-corrected chi connectivity index (χ2v) is 4.08. The van der Waals surface area contributed by atoms with Crippen LogP contribution in [0.4, 0.5) is 18.9 Å². The summed E-state index contributed by atoms with van der Waals surface area (Å²) in [7, 11) is 0. The van der Waals surface area contributed by atoms with Gasteiger partial charge in [-0.05, 0) is 13.3 Å². The summed E-state index contributed by atoms with van der Waals surface area (Å²) in [4.78, 5) is 11.9. The molecule has 0 aliphatic carbocycles. The van der Waals surface area contributed by atoms with E-state index in [1.54, 1.807) is 6.92 Å². The summed E-state index contributed by atoms with van der Waals surface area (Å²) >= 11 is 0. The van der Waals surface area contributed by atoms with Gasteiger partial charge in [-0.1, -0.05) is 6.92 Å². The van der Waals surface area contributed by atoms with Crippen LogP contribution >= 0.6 is 0 Å². The minimum absolute atomic E-state index is 0.105. The number of rotatable bonds is 2. The van der Waals surface area contributed by atoms with Crippen molar-refractivity contribution < 1.29 is 18.0 Å². The van der Waals surface area contributed by atoms with Gasteiger partial charge in [0.25, 0.3) is 5.91 Å². The van der Waals surface area contributed by atoms with Crippen molar-refractivity contribution in [2.24, 2.45) is 11.0 Å². The molecule has 1 aliphatic heterocycles. The Morgan fingerprint density at radius 2 is 1.83 bits per heavy atom. The molecule has 2 rings (SSSR count). The molecule has 18 heavy (non-hydrogen) atoms. The first-order valence-electron chi connectivity index (χ1n) is 5.49. The predicted octanol–water partition coefficient (Wildman–Crippen LogP) is 2.85. The van der Waals surface area contributed by atoms with Crippen LogP contribution in [0.1, 0.15) is 20.3 Å². The average molecular weight is 256 g/mol. The maximum Gasteiger partial charge on any atom is 0.256 e. The van der Waals surface area contributed by atoms with Gasteiger partial charge in [0, 0.05) is 17.8 Å². The van der Waals surface area contributed by atoms with Gasteiger partial charge in [-0.3, -0.25) is 4.79 Å². The number of anilines is 1. The van der Waals surface area contributed by atoms with Gasteiger partial charge >= 0.3 is 0 Å². The topological polar surface area (TPSA) is 32.7 Å². The summed E-state index contributed by atoms with van der Waals surface area (Å²) < 4.78 is 39.0. The number of amides is 1. The maximum absolute atomic E-state index is 13.1. The second kappa shape index (κ2) is 4.44. The van der Waals surface area contributed by atoms with Crippen LogP contribution in [0.2, 0.25) is 0 Å². The lowest BCUT2D eigenvalue weighted by Gasteiger charge is -2.14. The molecule has 96 valence electrons. The van der Waals surface area contributed by atoms with E-state index in [2.05, 4.69) is 5.10 Å². The number of carbonyl (C=O) groups is 1. The third kappa shape index (κ3) is 1.87. The predicted molar refractivity (Wildman–Crippen MR) is 60.7 cm³/mol. The smallest absolute Gasteiger partial charge is 0.256 e. The van der Waals surface area contributed by atoms with Crippen LogP contribution in [0, 0.1) is 23.4 Å². The van der Waals surface area contributed by atoms with E-state index in [1.807, 2.05) is 6.92 Å². The number of hydrogen-bond donors (Lipinski definition) is 0. The summed E-state index contributed by atoms with van der Waals surface area (Å²) in [5, 5.41) is 4.86. The van der Waals surface area contributed by atoms with E-state index >= 15 is 0 Å². The van der Waals surface area contributed by atoms with Crippen LogP contribution < -0.4 is 5.01 Å². The molecule has 1 aliphatic rings. The van der Waals surface area contributed by atoms with E-state index in [-0.39, 0.29) is 17.5 Å². The van der Waals surface area contributed by atoms with Gasteiger partial charge in [0.1, 0.15) is 0 Å². The van der Waals surface area contributed by atoms with Crippen LogP contribution in [0.15, 0.2) is 17.2 Å². The SMILES string of the molecule is CCC1C(=O)N(c2cc(F)c(F)c(F)c2)N=C1C. The molecule has 1 heterocycles. The lowest BCUT2D eigenvalue weighted by atomic mass is 10.0. The zero-order chi connectivity index (χ0) is 13.4. The number of halogens is 3. The van der Waals surface area contributed by atoms with E-state index in [0.717, 1.165) is 17.1 Å². The molecule has 1 atom stereocenters. The summed E-state index contributed by atoms with van der Waals surface area (Å²) in [5.74, 6) is -4.99. The maximum atomic E-state index is 13.1. The van der Waals surface area contributed by atoms with Crippen molar-refractivity contribution in [2.45, 2.75) is 20.3 Å². The fourth-order valence-corrected chi connectivity index (χ4v) is 1.92. The number of hydrogen-bond acceptors (Lipinski definition) is 2. The molecule has 0 radical (unpaired) electrons. The Balaban J connectivity index is 2.43. The van der Waals surface area contributed by atoms with Crippen LogP contribution in [0.3, 0.4) is 0 Å². The van der Waals surface area contributed by atoms with Crippen molar-refractivity contribution in [3.8, 4) is 0 Å². The fourth-order valence-electron chi connectivity index (χ4n) is 1.92. The van der Waals surface area contributed by atoms with Crippen LogP contribution in [-0.2, 0) is 4.79 Å². The van der Waals surface area contributed by atoms with Crippen molar-refractivity contribution in [1.82, 2.24) is 0 Å². The minimum atomic E-state index is -1.56. The van der Waals surface area contributed by atoms with E-state index in [1.165, 1.54) is 0 Å². The average Bonchev–Trinajstić information content (AvgIpc) is 2.60. The summed E-state index contributed by atoms with van der Waals surface area (Å²) in [6.07, 6.45) is 0.552. The monoisotopic (exact) mass is 256 g/mol. The van der Waals surface area contributed by atoms with Gasteiger partial charge in [-0.2, -0.15) is 5.10 Å². The van der Waals surface area contributed by atoms with Gasteiger partial charge in [-0.25, -0.2) is 18.2 Å². The van der Waals surface area contributed by atoms with Gasteiger partial charge < -0.3 is 0 Å². The molecule has 0 N–H and O–H groups in total. The Bertz CT molecular complexity index is 519. The standard InChI is InChI=1S/C12H11F3N2O/c1-3-8-6(2)16-17(12(8)18)7-4-9(13)11(15)10(14)5-7/h4-5,8H,3H2,1-2H3. The molecule has 0 aromatic heterocycles. The van der Waals surface area contributed by atoms with Crippen molar-refractivity contribution >= 4 is 17.3 Å². The van der Waals surface area contributed by atoms with E-state index < -0.39 is 17.5 Å². The van der Waals surface area contributed by atoms with E-state index in [9.17, 15) is 18.0 Å². The van der Waals surface area contributed by atoms with E-state index in [0.29, 0.717) is 12.1 Å². The first kappa shape index (κ1) is 12.6. The van der Waals surface area contributed by atoms with Crippen LogP contribution in [0.5, 0.6) is 0 Å². The highest BCUT2D eigenvalue weighted by Gasteiger charge is 2.33. The van der Waals surface area contributed by atoms with Crippen LogP contribution in [0.25, 0.3) is 0 Å². The molecular weight excluding hydrogens is 245 g/mol. The highest BCUT2D eigenvalue weighted by molar-refractivity contribution is 6.14. The molecular formula is C12H11F3N2O. The minimum Gasteiger partial charge on any atom is -0.272 e. The molecule has 0 bridgehead atoms. The van der Waals surface area contributed by atoms with Crippen molar-refractivity contribution in [1.29, 1.82) is 0 Å². The fraction of sp³-hybridized carbons (Fsp3) is 0.333. The zero-order valence-electron chi connectivity index (χ0n) is 9.88.